The summed E-state index contributed by atoms with van der Waals surface area (Å²) in [5.41, 5.74) is 8.88. The number of carbonyl (C=O) groups excluding carboxylic acids is 2. The molecule has 7 nitrogen and oxygen atoms in total. The van der Waals surface area contributed by atoms with Gasteiger partial charge in [-0.1, -0.05) is 0 Å². The number of hydrogen-bond donors (Lipinski definition) is 4. The van der Waals surface area contributed by atoms with Gasteiger partial charge in [0, 0.05) is 0 Å². The van der Waals surface area contributed by atoms with Crippen molar-refractivity contribution in [3.63, 3.8) is 0 Å². The molecule has 58 valence electrons. The minimum Gasteiger partial charge on any atom is -0.483 e. The fourth-order valence-electron chi connectivity index (χ4n) is 0.121. The Bertz CT molecular complexity index is 122. The van der Waals surface area contributed by atoms with Crippen molar-refractivity contribution in [1.29, 1.82) is 0 Å². The van der Waals surface area contributed by atoms with Gasteiger partial charge < -0.3 is 16.6 Å². The highest BCUT2D eigenvalue weighted by Crippen LogP contribution is 1.51. The number of imide groups is 1. The van der Waals surface area contributed by atoms with Crippen LogP contribution < -0.4 is 16.8 Å². The number of amides is 4. The number of primary amides is 2. The van der Waals surface area contributed by atoms with Crippen molar-refractivity contribution in [2.45, 2.75) is 0 Å². The van der Waals surface area contributed by atoms with E-state index in [0.717, 1.165) is 0 Å². The second-order valence-corrected chi connectivity index (χ2v) is 0.959. The minimum absolute atomic E-state index is 0.250. The second kappa shape index (κ2) is 7.21. The monoisotopic (exact) mass is 149 g/mol. The molecular weight excluding hydrogens is 142 g/mol. The summed E-state index contributed by atoms with van der Waals surface area (Å²) in [5, 5.41) is 8.47. The molecule has 0 aliphatic rings. The highest BCUT2D eigenvalue weighted by molar-refractivity contribution is 5.91. The first-order valence-electron chi connectivity index (χ1n) is 1.98. The van der Waals surface area contributed by atoms with E-state index in [-0.39, 0.29) is 6.47 Å². The van der Waals surface area contributed by atoms with Crippen molar-refractivity contribution in [1.82, 2.24) is 5.32 Å². The van der Waals surface area contributed by atoms with Crippen LogP contribution in [0.2, 0.25) is 0 Å². The zero-order valence-electron chi connectivity index (χ0n) is 4.90. The van der Waals surface area contributed by atoms with Crippen molar-refractivity contribution in [2.24, 2.45) is 11.5 Å². The van der Waals surface area contributed by atoms with Gasteiger partial charge in [0.25, 0.3) is 6.47 Å². The fraction of sp³-hybridized carbons (Fsp3) is 0. The van der Waals surface area contributed by atoms with Crippen LogP contribution in [0.25, 0.3) is 0 Å². The van der Waals surface area contributed by atoms with E-state index in [2.05, 4.69) is 11.5 Å². The lowest BCUT2D eigenvalue weighted by Crippen LogP contribution is -2.38. The minimum atomic E-state index is -0.938. The van der Waals surface area contributed by atoms with E-state index in [1.165, 1.54) is 0 Å². The van der Waals surface area contributed by atoms with Crippen molar-refractivity contribution in [3.05, 3.63) is 0 Å². The van der Waals surface area contributed by atoms with Crippen molar-refractivity contribution in [3.8, 4) is 0 Å². The molecule has 0 spiro atoms. The third-order valence-electron chi connectivity index (χ3n) is 0.246. The Labute approximate surface area is 56.0 Å². The Morgan fingerprint density at radius 1 is 1.30 bits per heavy atom. The molecule has 0 unspecified atom stereocenters. The van der Waals surface area contributed by atoms with E-state index in [4.69, 9.17) is 9.90 Å². The smallest absolute Gasteiger partial charge is 0.320 e. The van der Waals surface area contributed by atoms with Crippen LogP contribution in [0.4, 0.5) is 9.59 Å². The molecule has 4 amide bonds. The molecule has 0 radical (unpaired) electrons. The molecule has 0 aromatic rings. The van der Waals surface area contributed by atoms with Gasteiger partial charge in [0.05, 0.1) is 0 Å². The highest BCUT2D eigenvalue weighted by atomic mass is 16.3. The summed E-state index contributed by atoms with van der Waals surface area (Å²) in [7, 11) is 0. The first-order chi connectivity index (χ1) is 4.54. The summed E-state index contributed by atoms with van der Waals surface area (Å²) in [4.78, 5) is 27.6. The average Bonchev–Trinajstić information content (AvgIpc) is 1.62. The van der Waals surface area contributed by atoms with Gasteiger partial charge in [-0.25, -0.2) is 9.59 Å². The van der Waals surface area contributed by atoms with Crippen LogP contribution in [0.1, 0.15) is 0 Å². The summed E-state index contributed by atoms with van der Waals surface area (Å²) < 4.78 is 0. The maximum absolute atomic E-state index is 9.62. The third kappa shape index (κ3) is 34.5. The predicted octanol–water partition coefficient (Wildman–Crippen LogP) is -1.57. The maximum Gasteiger partial charge on any atom is 0.320 e. The van der Waals surface area contributed by atoms with Crippen LogP contribution in [0.3, 0.4) is 0 Å². The molecule has 0 aliphatic carbocycles. The molecule has 0 bridgehead atoms. The van der Waals surface area contributed by atoms with Crippen molar-refractivity contribution < 1.29 is 19.5 Å². The lowest BCUT2D eigenvalue weighted by molar-refractivity contribution is -0.122. The summed E-state index contributed by atoms with van der Waals surface area (Å²) in [5.74, 6) is 0. The quantitative estimate of drug-likeness (QED) is 0.309. The number of nitrogens with one attached hydrogen (secondary N) is 1. The topological polar surface area (TPSA) is 136 Å². The average molecular weight is 149 g/mol. The first-order valence-corrected chi connectivity index (χ1v) is 1.98. The molecule has 0 rings (SSSR count). The van der Waals surface area contributed by atoms with Crippen LogP contribution >= 0.6 is 0 Å². The SMILES string of the molecule is NC(=O)NC(N)=O.O=CO. The fourth-order valence-corrected chi connectivity index (χ4v) is 0.121. The summed E-state index contributed by atoms with van der Waals surface area (Å²) in [6.45, 7) is -0.250. The second-order valence-electron chi connectivity index (χ2n) is 0.959. The van der Waals surface area contributed by atoms with Gasteiger partial charge in [-0.3, -0.25) is 10.1 Å². The third-order valence-corrected chi connectivity index (χ3v) is 0.246. The highest BCUT2D eigenvalue weighted by Gasteiger charge is 1.92. The van der Waals surface area contributed by atoms with Crippen molar-refractivity contribution >= 4 is 18.5 Å². The molecule has 0 fully saturated rings. The standard InChI is InChI=1S/C2H5N3O2.CH2O2/c3-1(6)5-2(4)7;2-1-3/h(H5,3,4,5,6,7);1H,(H,2,3). The van der Waals surface area contributed by atoms with Crippen LogP contribution in [-0.4, -0.2) is 23.6 Å². The van der Waals surface area contributed by atoms with Crippen LogP contribution in [0.15, 0.2) is 0 Å². The maximum atomic E-state index is 9.62. The molecule has 0 atom stereocenters. The van der Waals surface area contributed by atoms with E-state index in [1.807, 2.05) is 0 Å². The number of carbonyl (C=O) groups is 3. The van der Waals surface area contributed by atoms with E-state index < -0.39 is 12.1 Å². The predicted molar refractivity (Wildman–Crippen MR) is 31.0 cm³/mol. The van der Waals surface area contributed by atoms with Gasteiger partial charge >= 0.3 is 12.1 Å². The molecule has 0 saturated heterocycles. The van der Waals surface area contributed by atoms with Crippen LogP contribution in [0.5, 0.6) is 0 Å². The zero-order chi connectivity index (χ0) is 8.57. The van der Waals surface area contributed by atoms with Gasteiger partial charge in [-0.05, 0) is 0 Å². The Balaban J connectivity index is 0. The Morgan fingerprint density at radius 2 is 1.50 bits per heavy atom. The lowest BCUT2D eigenvalue weighted by Gasteiger charge is -1.88. The molecule has 0 aromatic carbocycles. The Hall–Kier alpha value is -1.79. The normalized spacial score (nSPS) is 6.40. The summed E-state index contributed by atoms with van der Waals surface area (Å²) in [6.07, 6.45) is 0. The van der Waals surface area contributed by atoms with E-state index in [1.54, 1.807) is 5.32 Å². The molecule has 0 heterocycles. The molecule has 6 N–H and O–H groups in total. The van der Waals surface area contributed by atoms with E-state index >= 15 is 0 Å². The number of urea groups is 2. The number of nitrogens with two attached hydrogens (primary N) is 2. The Kier molecular flexibility index (Phi) is 7.98. The number of hydrogen-bond acceptors (Lipinski definition) is 3. The van der Waals surface area contributed by atoms with Gasteiger partial charge in [-0.15, -0.1) is 0 Å². The summed E-state index contributed by atoms with van der Waals surface area (Å²) in [6, 6.07) is -1.88. The van der Waals surface area contributed by atoms with Crippen LogP contribution in [-0.2, 0) is 4.79 Å². The lowest BCUT2D eigenvalue weighted by atomic mass is 10.9. The van der Waals surface area contributed by atoms with Crippen molar-refractivity contribution in [2.75, 3.05) is 0 Å². The first kappa shape index (κ1) is 11.1. The number of rotatable bonds is 0. The molecular formula is C3H7N3O4. The van der Waals surface area contributed by atoms with Crippen LogP contribution in [0, 0.1) is 0 Å². The van der Waals surface area contributed by atoms with Gasteiger partial charge in [-0.2, -0.15) is 0 Å². The van der Waals surface area contributed by atoms with Gasteiger partial charge in [0.1, 0.15) is 0 Å². The van der Waals surface area contributed by atoms with Gasteiger partial charge in [0.2, 0.25) is 0 Å². The largest absolute Gasteiger partial charge is 0.483 e. The molecule has 7 heteroatoms. The molecule has 10 heavy (non-hydrogen) atoms. The molecule has 0 saturated carbocycles. The Morgan fingerprint density at radius 3 is 1.50 bits per heavy atom. The molecule has 0 aromatic heterocycles. The van der Waals surface area contributed by atoms with Gasteiger partial charge in [0.15, 0.2) is 0 Å². The molecule has 0 aliphatic heterocycles. The van der Waals surface area contributed by atoms with E-state index in [9.17, 15) is 9.59 Å². The zero-order valence-corrected chi connectivity index (χ0v) is 4.90. The summed E-state index contributed by atoms with van der Waals surface area (Å²) >= 11 is 0. The van der Waals surface area contributed by atoms with E-state index in [0.29, 0.717) is 0 Å². The number of carboxylic acid groups (broad SMARTS) is 1.